The Morgan fingerprint density at radius 1 is 1.13 bits per heavy atom. The molecule has 3 aromatic rings. The van der Waals surface area contributed by atoms with Gasteiger partial charge in [-0.25, -0.2) is 4.98 Å². The molecule has 0 aliphatic rings. The van der Waals surface area contributed by atoms with Crippen LogP contribution in [0.4, 0.5) is 0 Å². The minimum atomic E-state index is -0.157. The highest BCUT2D eigenvalue weighted by Crippen LogP contribution is 2.06. The van der Waals surface area contributed by atoms with E-state index in [9.17, 15) is 9.59 Å². The van der Waals surface area contributed by atoms with Gasteiger partial charge in [-0.2, -0.15) is 0 Å². The number of fused-ring (bicyclic) bond motifs is 1. The van der Waals surface area contributed by atoms with Gasteiger partial charge in [0.2, 0.25) is 0 Å². The van der Waals surface area contributed by atoms with Gasteiger partial charge in [0, 0.05) is 18.5 Å². The zero-order chi connectivity index (χ0) is 16.2. The lowest BCUT2D eigenvalue weighted by Gasteiger charge is -2.06. The zero-order valence-corrected chi connectivity index (χ0v) is 12.8. The maximum absolute atomic E-state index is 12.0. The van der Waals surface area contributed by atoms with Crippen LogP contribution in [0.25, 0.3) is 10.9 Å². The number of hydrogen-bond donors (Lipinski definition) is 2. The first-order valence-electron chi connectivity index (χ1n) is 7.46. The predicted octanol–water partition coefficient (Wildman–Crippen LogP) is 2.20. The Labute approximate surface area is 133 Å². The number of carbonyl (C=O) groups excluding carboxylic acids is 1. The number of aryl methyl sites for hydroxylation is 1. The van der Waals surface area contributed by atoms with Gasteiger partial charge in [-0.1, -0.05) is 29.8 Å². The molecule has 23 heavy (non-hydrogen) atoms. The Morgan fingerprint density at radius 2 is 1.87 bits per heavy atom. The van der Waals surface area contributed by atoms with Crippen LogP contribution in [0.15, 0.2) is 53.3 Å². The first kappa shape index (κ1) is 15.0. The summed E-state index contributed by atoms with van der Waals surface area (Å²) in [7, 11) is 0. The number of aromatic amines is 1. The first-order chi connectivity index (χ1) is 11.1. The number of carbonyl (C=O) groups is 1. The van der Waals surface area contributed by atoms with Crippen LogP contribution in [0.1, 0.15) is 21.7 Å². The van der Waals surface area contributed by atoms with Gasteiger partial charge in [0.1, 0.15) is 5.82 Å². The van der Waals surface area contributed by atoms with Crippen molar-refractivity contribution in [3.05, 3.63) is 75.8 Å². The van der Waals surface area contributed by atoms with Crippen molar-refractivity contribution in [1.82, 2.24) is 15.3 Å². The molecule has 0 radical (unpaired) electrons. The fraction of sp³-hybridized carbons (Fsp3) is 0.167. The molecule has 3 rings (SSSR count). The van der Waals surface area contributed by atoms with Gasteiger partial charge in [-0.3, -0.25) is 9.59 Å². The Hall–Kier alpha value is -2.95. The molecule has 5 heteroatoms. The van der Waals surface area contributed by atoms with Gasteiger partial charge >= 0.3 is 0 Å². The fourth-order valence-electron chi connectivity index (χ4n) is 2.35. The molecule has 0 saturated carbocycles. The molecule has 0 fully saturated rings. The van der Waals surface area contributed by atoms with Crippen LogP contribution in [0.2, 0.25) is 0 Å². The molecule has 0 bridgehead atoms. The van der Waals surface area contributed by atoms with Gasteiger partial charge in [-0.15, -0.1) is 0 Å². The second-order valence-corrected chi connectivity index (χ2v) is 5.40. The van der Waals surface area contributed by atoms with Gasteiger partial charge in [0.15, 0.2) is 0 Å². The van der Waals surface area contributed by atoms with E-state index in [0.717, 1.165) is 5.56 Å². The van der Waals surface area contributed by atoms with Crippen LogP contribution in [0, 0.1) is 6.92 Å². The van der Waals surface area contributed by atoms with Crippen LogP contribution in [0.5, 0.6) is 0 Å². The normalized spacial score (nSPS) is 10.7. The topological polar surface area (TPSA) is 74.8 Å². The summed E-state index contributed by atoms with van der Waals surface area (Å²) in [6.07, 6.45) is 0.470. The number of aromatic nitrogens is 2. The van der Waals surface area contributed by atoms with Gasteiger partial charge in [0.25, 0.3) is 11.5 Å². The average molecular weight is 307 g/mol. The number of nitrogens with one attached hydrogen (secondary N) is 2. The number of benzene rings is 2. The summed E-state index contributed by atoms with van der Waals surface area (Å²) in [5.41, 5.74) is 2.24. The molecule has 0 aliphatic heterocycles. The van der Waals surface area contributed by atoms with Crippen LogP contribution in [0.3, 0.4) is 0 Å². The SMILES string of the molecule is Cc1ccc(C(=O)NCCc2nc3ccccc3c(=O)[nH]2)cc1. The summed E-state index contributed by atoms with van der Waals surface area (Å²) in [4.78, 5) is 31.2. The summed E-state index contributed by atoms with van der Waals surface area (Å²) in [6.45, 7) is 2.39. The number of para-hydroxylation sites is 1. The highest BCUT2D eigenvalue weighted by Gasteiger charge is 2.06. The van der Waals surface area contributed by atoms with Crippen molar-refractivity contribution in [2.75, 3.05) is 6.54 Å². The lowest BCUT2D eigenvalue weighted by Crippen LogP contribution is -2.26. The monoisotopic (exact) mass is 307 g/mol. The van der Waals surface area contributed by atoms with E-state index in [1.807, 2.05) is 25.1 Å². The van der Waals surface area contributed by atoms with E-state index in [2.05, 4.69) is 15.3 Å². The highest BCUT2D eigenvalue weighted by molar-refractivity contribution is 5.94. The fourth-order valence-corrected chi connectivity index (χ4v) is 2.35. The summed E-state index contributed by atoms with van der Waals surface area (Å²) in [5.74, 6) is 0.436. The van der Waals surface area contributed by atoms with Crippen molar-refractivity contribution in [2.24, 2.45) is 0 Å². The summed E-state index contributed by atoms with van der Waals surface area (Å²) in [5, 5.41) is 3.40. The van der Waals surface area contributed by atoms with E-state index in [-0.39, 0.29) is 11.5 Å². The van der Waals surface area contributed by atoms with Crippen LogP contribution < -0.4 is 10.9 Å². The molecule has 5 nitrogen and oxygen atoms in total. The number of hydrogen-bond acceptors (Lipinski definition) is 3. The molecule has 0 spiro atoms. The number of nitrogens with zero attached hydrogens (tertiary/aromatic N) is 1. The number of H-pyrrole nitrogens is 1. The van der Waals surface area contributed by atoms with Crippen molar-refractivity contribution in [2.45, 2.75) is 13.3 Å². The molecule has 2 aromatic carbocycles. The molecule has 0 saturated heterocycles. The molecule has 1 heterocycles. The van der Waals surface area contributed by atoms with Gasteiger partial charge in [0.05, 0.1) is 10.9 Å². The summed E-state index contributed by atoms with van der Waals surface area (Å²) in [6, 6.07) is 14.6. The number of amides is 1. The highest BCUT2D eigenvalue weighted by atomic mass is 16.1. The molecule has 0 aliphatic carbocycles. The lowest BCUT2D eigenvalue weighted by atomic mass is 10.1. The lowest BCUT2D eigenvalue weighted by molar-refractivity contribution is 0.0954. The van der Waals surface area contributed by atoms with Crippen molar-refractivity contribution < 1.29 is 4.79 Å². The Balaban J connectivity index is 1.65. The maximum Gasteiger partial charge on any atom is 0.258 e. The standard InChI is InChI=1S/C18H17N3O2/c1-12-6-8-13(9-7-12)17(22)19-11-10-16-20-15-5-3-2-4-14(15)18(23)21-16/h2-9H,10-11H2,1H3,(H,19,22)(H,20,21,23). The van der Waals surface area contributed by atoms with E-state index in [1.54, 1.807) is 30.3 Å². The largest absolute Gasteiger partial charge is 0.352 e. The van der Waals surface area contributed by atoms with E-state index in [1.165, 1.54) is 0 Å². The smallest absolute Gasteiger partial charge is 0.258 e. The minimum absolute atomic E-state index is 0.131. The average Bonchev–Trinajstić information content (AvgIpc) is 2.55. The molecule has 1 amide bonds. The molecule has 0 unspecified atom stereocenters. The second-order valence-electron chi connectivity index (χ2n) is 5.40. The van der Waals surface area contributed by atoms with Crippen LogP contribution in [-0.2, 0) is 6.42 Å². The third kappa shape index (κ3) is 3.45. The minimum Gasteiger partial charge on any atom is -0.352 e. The van der Waals surface area contributed by atoms with Crippen LogP contribution >= 0.6 is 0 Å². The van der Waals surface area contributed by atoms with Crippen molar-refractivity contribution in [3.8, 4) is 0 Å². The maximum atomic E-state index is 12.0. The first-order valence-corrected chi connectivity index (χ1v) is 7.46. The summed E-state index contributed by atoms with van der Waals surface area (Å²) >= 11 is 0. The van der Waals surface area contributed by atoms with Crippen molar-refractivity contribution >= 4 is 16.8 Å². The molecule has 116 valence electrons. The zero-order valence-electron chi connectivity index (χ0n) is 12.8. The third-order valence-corrected chi connectivity index (χ3v) is 3.62. The predicted molar refractivity (Wildman–Crippen MR) is 89.6 cm³/mol. The van der Waals surface area contributed by atoms with Crippen molar-refractivity contribution in [1.29, 1.82) is 0 Å². The Morgan fingerprint density at radius 3 is 2.65 bits per heavy atom. The quantitative estimate of drug-likeness (QED) is 0.776. The van der Waals surface area contributed by atoms with E-state index < -0.39 is 0 Å². The van der Waals surface area contributed by atoms with E-state index >= 15 is 0 Å². The third-order valence-electron chi connectivity index (χ3n) is 3.62. The second kappa shape index (κ2) is 6.44. The molecule has 1 aromatic heterocycles. The molecule has 2 N–H and O–H groups in total. The number of rotatable bonds is 4. The van der Waals surface area contributed by atoms with Gasteiger partial charge < -0.3 is 10.3 Å². The Bertz CT molecular complexity index is 898. The molecular formula is C18H17N3O2. The van der Waals surface area contributed by atoms with E-state index in [0.29, 0.717) is 35.3 Å². The van der Waals surface area contributed by atoms with Crippen molar-refractivity contribution in [3.63, 3.8) is 0 Å². The van der Waals surface area contributed by atoms with Crippen LogP contribution in [-0.4, -0.2) is 22.4 Å². The molecular weight excluding hydrogens is 290 g/mol. The van der Waals surface area contributed by atoms with Gasteiger partial charge in [-0.05, 0) is 31.2 Å². The summed E-state index contributed by atoms with van der Waals surface area (Å²) < 4.78 is 0. The molecule has 0 atom stereocenters. The Kier molecular flexibility index (Phi) is 4.19. The van der Waals surface area contributed by atoms with E-state index in [4.69, 9.17) is 0 Å².